The zero-order valence-corrected chi connectivity index (χ0v) is 12.3. The number of amides is 1. The van der Waals surface area contributed by atoms with E-state index in [1.54, 1.807) is 24.3 Å². The summed E-state index contributed by atoms with van der Waals surface area (Å²) in [6.45, 7) is 1.86. The van der Waals surface area contributed by atoms with Crippen LogP contribution in [0.1, 0.15) is 11.3 Å². The average Bonchev–Trinajstić information content (AvgIpc) is 2.75. The number of anilines is 2. The SMILES string of the molecule is Cc1nc(N)sc1SCC(=O)Nc1cccc(C#N)c1. The van der Waals surface area contributed by atoms with E-state index >= 15 is 0 Å². The van der Waals surface area contributed by atoms with Crippen LogP contribution in [0.5, 0.6) is 0 Å². The van der Waals surface area contributed by atoms with E-state index in [0.717, 1.165) is 9.90 Å². The Hall–Kier alpha value is -2.04. The summed E-state index contributed by atoms with van der Waals surface area (Å²) in [5.74, 6) is 0.149. The molecule has 0 spiro atoms. The first-order valence-electron chi connectivity index (χ1n) is 5.74. The number of hydrogen-bond donors (Lipinski definition) is 2. The van der Waals surface area contributed by atoms with Crippen molar-refractivity contribution >= 4 is 39.8 Å². The summed E-state index contributed by atoms with van der Waals surface area (Å²) < 4.78 is 0.948. The molecule has 0 atom stereocenters. The van der Waals surface area contributed by atoms with Crippen LogP contribution in [0, 0.1) is 18.3 Å². The highest BCUT2D eigenvalue weighted by molar-refractivity contribution is 8.01. The third kappa shape index (κ3) is 3.73. The van der Waals surface area contributed by atoms with Crippen molar-refractivity contribution in [2.75, 3.05) is 16.8 Å². The second-order valence-electron chi connectivity index (χ2n) is 3.95. The Labute approximate surface area is 124 Å². The number of benzene rings is 1. The summed E-state index contributed by atoms with van der Waals surface area (Å²) in [5, 5.41) is 12.1. The molecule has 102 valence electrons. The molecule has 0 aliphatic heterocycles. The maximum atomic E-state index is 11.8. The molecule has 7 heteroatoms. The normalized spacial score (nSPS) is 10.0. The van der Waals surface area contributed by atoms with E-state index in [1.807, 2.05) is 13.0 Å². The lowest BCUT2D eigenvalue weighted by atomic mass is 10.2. The van der Waals surface area contributed by atoms with Gasteiger partial charge in [0.2, 0.25) is 5.91 Å². The molecule has 0 saturated heterocycles. The standard InChI is InChI=1S/C13H12N4OS2/c1-8-12(20-13(15)16-8)19-7-11(18)17-10-4-2-3-9(5-10)6-14/h2-5H,7H2,1H3,(H2,15,16)(H,17,18). The van der Waals surface area contributed by atoms with Gasteiger partial charge >= 0.3 is 0 Å². The smallest absolute Gasteiger partial charge is 0.234 e. The van der Waals surface area contributed by atoms with Gasteiger partial charge in [-0.1, -0.05) is 17.4 Å². The predicted molar refractivity (Wildman–Crippen MR) is 81.8 cm³/mol. The quantitative estimate of drug-likeness (QED) is 0.847. The predicted octanol–water partition coefficient (Wildman–Crippen LogP) is 2.64. The van der Waals surface area contributed by atoms with Gasteiger partial charge in [-0.15, -0.1) is 11.8 Å². The second-order valence-corrected chi connectivity index (χ2v) is 6.23. The Morgan fingerprint density at radius 2 is 2.40 bits per heavy atom. The van der Waals surface area contributed by atoms with Crippen LogP contribution >= 0.6 is 23.1 Å². The van der Waals surface area contributed by atoms with Gasteiger partial charge in [0, 0.05) is 5.69 Å². The molecule has 0 saturated carbocycles. The molecule has 3 N–H and O–H groups in total. The number of rotatable bonds is 4. The maximum Gasteiger partial charge on any atom is 0.234 e. The lowest BCUT2D eigenvalue weighted by Gasteiger charge is -2.04. The third-order valence-electron chi connectivity index (χ3n) is 2.38. The molecule has 2 rings (SSSR count). The summed E-state index contributed by atoms with van der Waals surface area (Å²) >= 11 is 2.78. The number of nitriles is 1. The molecule has 1 amide bonds. The van der Waals surface area contributed by atoms with Crippen molar-refractivity contribution in [3.05, 3.63) is 35.5 Å². The lowest BCUT2D eigenvalue weighted by molar-refractivity contribution is -0.113. The molecule has 0 radical (unpaired) electrons. The largest absolute Gasteiger partial charge is 0.375 e. The van der Waals surface area contributed by atoms with Gasteiger partial charge in [0.15, 0.2) is 5.13 Å². The molecular weight excluding hydrogens is 292 g/mol. The van der Waals surface area contributed by atoms with Gasteiger partial charge in [-0.3, -0.25) is 4.79 Å². The van der Waals surface area contributed by atoms with E-state index in [2.05, 4.69) is 10.3 Å². The van der Waals surface area contributed by atoms with Crippen molar-refractivity contribution in [1.29, 1.82) is 5.26 Å². The van der Waals surface area contributed by atoms with Gasteiger partial charge in [-0.25, -0.2) is 4.98 Å². The zero-order valence-electron chi connectivity index (χ0n) is 10.7. The molecule has 0 aliphatic carbocycles. The summed E-state index contributed by atoms with van der Waals surface area (Å²) in [6.07, 6.45) is 0. The van der Waals surface area contributed by atoms with Crippen LogP contribution in [0.15, 0.2) is 28.5 Å². The Balaban J connectivity index is 1.92. The summed E-state index contributed by atoms with van der Waals surface area (Å²) in [6, 6.07) is 8.84. The second kappa shape index (κ2) is 6.41. The maximum absolute atomic E-state index is 11.8. The number of nitrogens with zero attached hydrogens (tertiary/aromatic N) is 2. The van der Waals surface area contributed by atoms with Crippen LogP contribution in [0.2, 0.25) is 0 Å². The van der Waals surface area contributed by atoms with Crippen LogP contribution < -0.4 is 11.1 Å². The van der Waals surface area contributed by atoms with E-state index in [-0.39, 0.29) is 11.7 Å². The number of nitrogens with two attached hydrogens (primary N) is 1. The average molecular weight is 304 g/mol. The van der Waals surface area contributed by atoms with Gasteiger partial charge in [0.1, 0.15) is 0 Å². The number of nitrogen functional groups attached to an aromatic ring is 1. The Morgan fingerprint density at radius 3 is 3.05 bits per heavy atom. The fraction of sp³-hybridized carbons (Fsp3) is 0.154. The van der Waals surface area contributed by atoms with E-state index in [4.69, 9.17) is 11.0 Å². The minimum atomic E-state index is -0.128. The van der Waals surface area contributed by atoms with Crippen molar-refractivity contribution in [2.45, 2.75) is 11.1 Å². The molecule has 0 unspecified atom stereocenters. The fourth-order valence-electron chi connectivity index (χ4n) is 1.53. The molecule has 0 aliphatic rings. The molecule has 1 aromatic carbocycles. The van der Waals surface area contributed by atoms with E-state index in [0.29, 0.717) is 16.4 Å². The fourth-order valence-corrected chi connectivity index (χ4v) is 3.35. The minimum absolute atomic E-state index is 0.128. The van der Waals surface area contributed by atoms with Crippen molar-refractivity contribution in [3.63, 3.8) is 0 Å². The first kappa shape index (κ1) is 14.4. The number of nitrogens with one attached hydrogen (secondary N) is 1. The summed E-state index contributed by atoms with van der Waals surface area (Å²) in [5.41, 5.74) is 7.58. The lowest BCUT2D eigenvalue weighted by Crippen LogP contribution is -2.13. The van der Waals surface area contributed by atoms with Crippen molar-refractivity contribution < 1.29 is 4.79 Å². The molecule has 0 fully saturated rings. The number of carbonyl (C=O) groups is 1. The zero-order chi connectivity index (χ0) is 14.5. The Kier molecular flexibility index (Phi) is 4.61. The topological polar surface area (TPSA) is 91.8 Å². The van der Waals surface area contributed by atoms with Crippen LogP contribution in [0.25, 0.3) is 0 Å². The van der Waals surface area contributed by atoms with Gasteiger partial charge < -0.3 is 11.1 Å². The molecule has 5 nitrogen and oxygen atoms in total. The number of aryl methyl sites for hydroxylation is 1. The van der Waals surface area contributed by atoms with E-state index in [9.17, 15) is 4.79 Å². The first-order chi connectivity index (χ1) is 9.58. The van der Waals surface area contributed by atoms with Crippen molar-refractivity contribution in [1.82, 2.24) is 4.98 Å². The number of hydrogen-bond acceptors (Lipinski definition) is 6. The minimum Gasteiger partial charge on any atom is -0.375 e. The number of thiazole rings is 1. The summed E-state index contributed by atoms with van der Waals surface area (Å²) in [4.78, 5) is 15.9. The van der Waals surface area contributed by atoms with Gasteiger partial charge in [-0.2, -0.15) is 5.26 Å². The van der Waals surface area contributed by atoms with Crippen LogP contribution in [-0.4, -0.2) is 16.6 Å². The van der Waals surface area contributed by atoms with Gasteiger partial charge in [-0.05, 0) is 25.1 Å². The molecule has 1 heterocycles. The Morgan fingerprint density at radius 1 is 1.60 bits per heavy atom. The highest BCUT2D eigenvalue weighted by Crippen LogP contribution is 2.30. The van der Waals surface area contributed by atoms with Gasteiger partial charge in [0.25, 0.3) is 0 Å². The molecule has 1 aromatic heterocycles. The van der Waals surface area contributed by atoms with Gasteiger partial charge in [0.05, 0.1) is 27.3 Å². The van der Waals surface area contributed by atoms with Crippen LogP contribution in [0.3, 0.4) is 0 Å². The van der Waals surface area contributed by atoms with E-state index < -0.39 is 0 Å². The number of thioether (sulfide) groups is 1. The molecule has 0 bridgehead atoms. The number of aromatic nitrogens is 1. The molecule has 20 heavy (non-hydrogen) atoms. The Bertz CT molecular complexity index is 675. The number of carbonyl (C=O) groups excluding carboxylic acids is 1. The highest BCUT2D eigenvalue weighted by Gasteiger charge is 2.09. The first-order valence-corrected chi connectivity index (χ1v) is 7.54. The third-order valence-corrected chi connectivity index (χ3v) is 4.73. The van der Waals surface area contributed by atoms with Crippen LogP contribution in [0.4, 0.5) is 10.8 Å². The monoisotopic (exact) mass is 304 g/mol. The van der Waals surface area contributed by atoms with E-state index in [1.165, 1.54) is 23.1 Å². The van der Waals surface area contributed by atoms with Crippen LogP contribution in [-0.2, 0) is 4.79 Å². The van der Waals surface area contributed by atoms with Crippen molar-refractivity contribution in [3.8, 4) is 6.07 Å². The molecule has 2 aromatic rings. The van der Waals surface area contributed by atoms with Crippen molar-refractivity contribution in [2.24, 2.45) is 0 Å². The summed E-state index contributed by atoms with van der Waals surface area (Å²) in [7, 11) is 0. The highest BCUT2D eigenvalue weighted by atomic mass is 32.2. The molecular formula is C13H12N4OS2.